The van der Waals surface area contributed by atoms with Gasteiger partial charge in [-0.1, -0.05) is 36.4 Å². The highest BCUT2D eigenvalue weighted by molar-refractivity contribution is 6.26. The van der Waals surface area contributed by atoms with Crippen LogP contribution in [0.2, 0.25) is 0 Å². The van der Waals surface area contributed by atoms with Crippen molar-refractivity contribution in [3.63, 3.8) is 0 Å². The van der Waals surface area contributed by atoms with E-state index in [0.29, 0.717) is 0 Å². The molecular formula is C18H23ClO6. The maximum Gasteiger partial charge on any atom is 0.321 e. The number of hydrogen-bond acceptors (Lipinski definition) is 6. The first kappa shape index (κ1) is 19.9. The standard InChI is InChI=1S/C18H23ClO6/c1-3-9-22-18-17(25-14(20)10-19)16(15(21)12(2)24-18)23-11-13-7-5-4-6-8-13/h3-8,12,15-18,21H,1,9-11H2,2H3. The number of aliphatic hydroxyl groups is 1. The number of benzene rings is 1. The smallest absolute Gasteiger partial charge is 0.321 e. The highest BCUT2D eigenvalue weighted by Crippen LogP contribution is 2.27. The molecular weight excluding hydrogens is 348 g/mol. The Hall–Kier alpha value is -1.44. The molecule has 1 aromatic rings. The number of ether oxygens (including phenoxy) is 4. The summed E-state index contributed by atoms with van der Waals surface area (Å²) < 4.78 is 22.4. The molecule has 1 fully saturated rings. The molecule has 5 unspecified atom stereocenters. The highest BCUT2D eigenvalue weighted by Gasteiger charge is 2.47. The fourth-order valence-corrected chi connectivity index (χ4v) is 2.61. The maximum absolute atomic E-state index is 11.7. The molecule has 1 aromatic carbocycles. The molecule has 5 atom stereocenters. The first-order valence-corrected chi connectivity index (χ1v) is 8.57. The third kappa shape index (κ3) is 5.52. The van der Waals surface area contributed by atoms with Crippen LogP contribution in [-0.2, 0) is 30.3 Å². The second kappa shape index (κ2) is 9.89. The number of alkyl halides is 1. The molecule has 25 heavy (non-hydrogen) atoms. The second-order valence-electron chi connectivity index (χ2n) is 5.67. The van der Waals surface area contributed by atoms with Crippen LogP contribution in [0.1, 0.15) is 12.5 Å². The number of aliphatic hydroxyl groups excluding tert-OH is 1. The van der Waals surface area contributed by atoms with Gasteiger partial charge in [-0.25, -0.2) is 0 Å². The van der Waals surface area contributed by atoms with Crippen molar-refractivity contribution in [2.45, 2.75) is 44.2 Å². The topological polar surface area (TPSA) is 74.2 Å². The SMILES string of the molecule is C=CCOC1OC(C)C(O)C(OCc2ccccc2)C1OC(=O)CCl. The molecule has 1 heterocycles. The lowest BCUT2D eigenvalue weighted by Crippen LogP contribution is -2.59. The average molecular weight is 371 g/mol. The van der Waals surface area contributed by atoms with Gasteiger partial charge in [0.2, 0.25) is 0 Å². The number of esters is 1. The molecule has 0 radical (unpaired) electrons. The minimum atomic E-state index is -0.986. The van der Waals surface area contributed by atoms with Crippen LogP contribution in [0.3, 0.4) is 0 Å². The molecule has 1 N–H and O–H groups in total. The summed E-state index contributed by atoms with van der Waals surface area (Å²) in [5.74, 6) is -0.959. The third-order valence-electron chi connectivity index (χ3n) is 3.80. The number of hydrogen-bond donors (Lipinski definition) is 1. The summed E-state index contributed by atoms with van der Waals surface area (Å²) in [5.41, 5.74) is 0.930. The first-order valence-electron chi connectivity index (χ1n) is 8.03. The predicted octanol–water partition coefficient (Wildman–Crippen LogP) is 2.03. The van der Waals surface area contributed by atoms with Gasteiger partial charge in [0.15, 0.2) is 12.4 Å². The largest absolute Gasteiger partial charge is 0.453 e. The number of halogens is 1. The lowest BCUT2D eigenvalue weighted by atomic mass is 9.99. The zero-order valence-corrected chi connectivity index (χ0v) is 14.8. The van der Waals surface area contributed by atoms with Crippen molar-refractivity contribution in [2.24, 2.45) is 0 Å². The van der Waals surface area contributed by atoms with Crippen LogP contribution >= 0.6 is 11.6 Å². The van der Waals surface area contributed by atoms with Gasteiger partial charge in [0.1, 0.15) is 18.1 Å². The maximum atomic E-state index is 11.7. The van der Waals surface area contributed by atoms with Crippen LogP contribution in [0.25, 0.3) is 0 Å². The van der Waals surface area contributed by atoms with E-state index >= 15 is 0 Å². The van der Waals surface area contributed by atoms with Gasteiger partial charge in [0.25, 0.3) is 0 Å². The molecule has 2 rings (SSSR count). The van der Waals surface area contributed by atoms with Crippen LogP contribution < -0.4 is 0 Å². The van der Waals surface area contributed by atoms with Crippen molar-refractivity contribution in [2.75, 3.05) is 12.5 Å². The molecule has 1 aliphatic heterocycles. The monoisotopic (exact) mass is 370 g/mol. The molecule has 1 saturated heterocycles. The summed E-state index contributed by atoms with van der Waals surface area (Å²) in [7, 11) is 0. The zero-order chi connectivity index (χ0) is 18.2. The molecule has 6 nitrogen and oxygen atoms in total. The summed E-state index contributed by atoms with van der Waals surface area (Å²) in [4.78, 5) is 11.7. The third-order valence-corrected chi connectivity index (χ3v) is 4.02. The molecule has 0 bridgehead atoms. The summed E-state index contributed by atoms with van der Waals surface area (Å²) in [5, 5.41) is 10.5. The van der Waals surface area contributed by atoms with Crippen LogP contribution in [-0.4, -0.2) is 54.3 Å². The Labute approximate surface area is 152 Å². The molecule has 0 spiro atoms. The van der Waals surface area contributed by atoms with E-state index in [2.05, 4.69) is 6.58 Å². The fourth-order valence-electron chi connectivity index (χ4n) is 2.55. The van der Waals surface area contributed by atoms with Crippen LogP contribution in [0.15, 0.2) is 43.0 Å². The van der Waals surface area contributed by atoms with E-state index in [0.717, 1.165) is 5.56 Å². The molecule has 1 aliphatic rings. The van der Waals surface area contributed by atoms with Gasteiger partial charge in [0.05, 0.1) is 19.3 Å². The van der Waals surface area contributed by atoms with Gasteiger partial charge in [-0.05, 0) is 12.5 Å². The molecule has 0 saturated carbocycles. The van der Waals surface area contributed by atoms with Gasteiger partial charge in [-0.15, -0.1) is 18.2 Å². The Morgan fingerprint density at radius 1 is 1.32 bits per heavy atom. The summed E-state index contributed by atoms with van der Waals surface area (Å²) in [6.07, 6.45) is -2.63. The van der Waals surface area contributed by atoms with Gasteiger partial charge in [-0.3, -0.25) is 4.79 Å². The van der Waals surface area contributed by atoms with E-state index in [4.69, 9.17) is 30.5 Å². The summed E-state index contributed by atoms with van der Waals surface area (Å²) in [6, 6.07) is 9.49. The van der Waals surface area contributed by atoms with Crippen LogP contribution in [0.4, 0.5) is 0 Å². The Morgan fingerprint density at radius 3 is 2.68 bits per heavy atom. The molecule has 0 amide bonds. The lowest BCUT2D eigenvalue weighted by Gasteiger charge is -2.42. The van der Waals surface area contributed by atoms with E-state index in [1.165, 1.54) is 0 Å². The quantitative estimate of drug-likeness (QED) is 0.429. The van der Waals surface area contributed by atoms with Crippen molar-refractivity contribution in [3.8, 4) is 0 Å². The fraction of sp³-hybridized carbons (Fsp3) is 0.500. The number of carbonyl (C=O) groups excluding carboxylic acids is 1. The molecule has 0 aromatic heterocycles. The summed E-state index contributed by atoms with van der Waals surface area (Å²) >= 11 is 5.53. The van der Waals surface area contributed by atoms with Crippen molar-refractivity contribution in [3.05, 3.63) is 48.6 Å². The van der Waals surface area contributed by atoms with E-state index < -0.39 is 36.7 Å². The van der Waals surface area contributed by atoms with Gasteiger partial charge < -0.3 is 24.1 Å². The highest BCUT2D eigenvalue weighted by atomic mass is 35.5. The molecule has 0 aliphatic carbocycles. The van der Waals surface area contributed by atoms with E-state index in [-0.39, 0.29) is 19.1 Å². The van der Waals surface area contributed by atoms with Gasteiger partial charge >= 0.3 is 5.97 Å². The van der Waals surface area contributed by atoms with Crippen LogP contribution in [0, 0.1) is 0 Å². The molecule has 7 heteroatoms. The van der Waals surface area contributed by atoms with Gasteiger partial charge in [-0.2, -0.15) is 0 Å². The zero-order valence-electron chi connectivity index (χ0n) is 14.0. The number of rotatable bonds is 8. The van der Waals surface area contributed by atoms with E-state index in [1.54, 1.807) is 13.0 Å². The predicted molar refractivity (Wildman–Crippen MR) is 92.1 cm³/mol. The van der Waals surface area contributed by atoms with Crippen molar-refractivity contribution >= 4 is 17.6 Å². The summed E-state index contributed by atoms with van der Waals surface area (Å²) in [6.45, 7) is 5.74. The van der Waals surface area contributed by atoms with Crippen molar-refractivity contribution in [1.29, 1.82) is 0 Å². The second-order valence-corrected chi connectivity index (χ2v) is 5.94. The normalized spacial score (nSPS) is 29.2. The van der Waals surface area contributed by atoms with Crippen molar-refractivity contribution < 1.29 is 28.8 Å². The van der Waals surface area contributed by atoms with Crippen LogP contribution in [0.5, 0.6) is 0 Å². The van der Waals surface area contributed by atoms with Gasteiger partial charge in [0, 0.05) is 0 Å². The van der Waals surface area contributed by atoms with Crippen molar-refractivity contribution in [1.82, 2.24) is 0 Å². The first-order chi connectivity index (χ1) is 12.1. The molecule has 138 valence electrons. The Balaban J connectivity index is 2.15. The van der Waals surface area contributed by atoms with E-state index in [1.807, 2.05) is 30.3 Å². The Bertz CT molecular complexity index is 552. The Kier molecular flexibility index (Phi) is 7.87. The number of carbonyl (C=O) groups is 1. The lowest BCUT2D eigenvalue weighted by molar-refractivity contribution is -0.302. The average Bonchev–Trinajstić information content (AvgIpc) is 2.63. The Morgan fingerprint density at radius 2 is 2.04 bits per heavy atom. The van der Waals surface area contributed by atoms with E-state index in [9.17, 15) is 9.90 Å². The minimum absolute atomic E-state index is 0.202. The minimum Gasteiger partial charge on any atom is -0.453 e.